The minimum atomic E-state index is -0.148. The van der Waals surface area contributed by atoms with E-state index >= 15 is 0 Å². The highest BCUT2D eigenvalue weighted by atomic mass is 19.1. The second kappa shape index (κ2) is 9.05. The van der Waals surface area contributed by atoms with Crippen LogP contribution in [0.4, 0.5) is 4.39 Å². The number of ether oxygens (including phenoxy) is 1. The van der Waals surface area contributed by atoms with E-state index in [0.29, 0.717) is 12.0 Å². The van der Waals surface area contributed by atoms with E-state index in [-0.39, 0.29) is 5.82 Å². The minimum absolute atomic E-state index is 0.148. The van der Waals surface area contributed by atoms with Gasteiger partial charge >= 0.3 is 0 Å². The zero-order valence-electron chi connectivity index (χ0n) is 12.3. The summed E-state index contributed by atoms with van der Waals surface area (Å²) in [5.41, 5.74) is 1.08. The average molecular weight is 267 g/mol. The monoisotopic (exact) mass is 267 g/mol. The number of benzene rings is 1. The highest BCUT2D eigenvalue weighted by Gasteiger charge is 2.10. The summed E-state index contributed by atoms with van der Waals surface area (Å²) >= 11 is 0. The Hall–Kier alpha value is -0.930. The maximum absolute atomic E-state index is 13.2. The maximum atomic E-state index is 13.2. The van der Waals surface area contributed by atoms with Crippen molar-refractivity contribution in [2.24, 2.45) is 5.92 Å². The third kappa shape index (κ3) is 7.28. The van der Waals surface area contributed by atoms with Crippen LogP contribution in [0.25, 0.3) is 0 Å². The lowest BCUT2D eigenvalue weighted by atomic mass is 9.94. The fourth-order valence-corrected chi connectivity index (χ4v) is 2.19. The van der Waals surface area contributed by atoms with E-state index in [1.54, 1.807) is 19.2 Å². The van der Waals surface area contributed by atoms with Crippen LogP contribution in [0, 0.1) is 11.7 Å². The van der Waals surface area contributed by atoms with Crippen LogP contribution in [0.2, 0.25) is 0 Å². The predicted molar refractivity (Wildman–Crippen MR) is 77.8 cm³/mol. The van der Waals surface area contributed by atoms with Gasteiger partial charge in [-0.05, 0) is 49.4 Å². The van der Waals surface area contributed by atoms with Crippen LogP contribution in [-0.2, 0) is 11.2 Å². The van der Waals surface area contributed by atoms with Crippen LogP contribution in [0.5, 0.6) is 0 Å². The molecule has 1 N–H and O–H groups in total. The molecule has 1 unspecified atom stereocenters. The minimum Gasteiger partial charge on any atom is -0.385 e. The summed E-state index contributed by atoms with van der Waals surface area (Å²) in [6, 6.07) is 7.40. The van der Waals surface area contributed by atoms with Crippen molar-refractivity contribution in [3.8, 4) is 0 Å². The number of halogens is 1. The van der Waals surface area contributed by atoms with E-state index < -0.39 is 0 Å². The molecule has 0 aliphatic rings. The lowest BCUT2D eigenvalue weighted by molar-refractivity contribution is 0.186. The third-order valence-corrected chi connectivity index (χ3v) is 3.19. The van der Waals surface area contributed by atoms with Crippen molar-refractivity contribution in [1.82, 2.24) is 5.32 Å². The normalized spacial score (nSPS) is 12.9. The molecule has 0 aliphatic heterocycles. The van der Waals surface area contributed by atoms with Gasteiger partial charge in [-0.15, -0.1) is 0 Å². The Morgan fingerprint density at radius 1 is 1.32 bits per heavy atom. The van der Waals surface area contributed by atoms with Crippen molar-refractivity contribution >= 4 is 0 Å². The average Bonchev–Trinajstić information content (AvgIpc) is 2.36. The first kappa shape index (κ1) is 16.1. The number of methoxy groups -OCH3 is 1. The predicted octanol–water partition coefficient (Wildman–Crippen LogP) is 3.41. The summed E-state index contributed by atoms with van der Waals surface area (Å²) in [5.74, 6) is 0.379. The first-order chi connectivity index (χ1) is 9.11. The molecule has 0 fully saturated rings. The molecule has 3 heteroatoms. The standard InChI is InChI=1S/C16H26FNO/c1-13(2)18-12-15(7-5-9-19-3)10-14-6-4-8-16(17)11-14/h4,6,8,11,13,15,18H,5,7,9-10,12H2,1-3H3. The van der Waals surface area contributed by atoms with Crippen molar-refractivity contribution in [2.75, 3.05) is 20.3 Å². The molecule has 0 heterocycles. The Balaban J connectivity index is 2.51. The number of nitrogens with one attached hydrogen (secondary N) is 1. The molecule has 0 bridgehead atoms. The Morgan fingerprint density at radius 2 is 2.11 bits per heavy atom. The van der Waals surface area contributed by atoms with Gasteiger partial charge in [-0.3, -0.25) is 0 Å². The molecule has 0 aliphatic carbocycles. The second-order valence-electron chi connectivity index (χ2n) is 5.40. The highest BCUT2D eigenvalue weighted by Crippen LogP contribution is 2.15. The molecule has 0 amide bonds. The van der Waals surface area contributed by atoms with Crippen LogP contribution >= 0.6 is 0 Å². The van der Waals surface area contributed by atoms with Crippen LogP contribution in [-0.4, -0.2) is 26.3 Å². The largest absolute Gasteiger partial charge is 0.385 e. The van der Waals surface area contributed by atoms with Gasteiger partial charge in [-0.1, -0.05) is 26.0 Å². The van der Waals surface area contributed by atoms with Crippen LogP contribution in [0.1, 0.15) is 32.3 Å². The fourth-order valence-electron chi connectivity index (χ4n) is 2.19. The van der Waals surface area contributed by atoms with Crippen LogP contribution in [0.3, 0.4) is 0 Å². The van der Waals surface area contributed by atoms with Crippen molar-refractivity contribution in [2.45, 2.75) is 39.2 Å². The van der Waals surface area contributed by atoms with Crippen molar-refractivity contribution in [3.63, 3.8) is 0 Å². The zero-order valence-corrected chi connectivity index (χ0v) is 12.3. The number of rotatable bonds is 9. The van der Waals surface area contributed by atoms with Crippen LogP contribution < -0.4 is 5.32 Å². The van der Waals surface area contributed by atoms with Gasteiger partial charge in [0.2, 0.25) is 0 Å². The van der Waals surface area contributed by atoms with Crippen molar-refractivity contribution in [3.05, 3.63) is 35.6 Å². The molecular formula is C16H26FNO. The lowest BCUT2D eigenvalue weighted by Crippen LogP contribution is -2.30. The summed E-state index contributed by atoms with van der Waals surface area (Å²) in [6.07, 6.45) is 3.07. The molecule has 19 heavy (non-hydrogen) atoms. The molecule has 0 saturated heterocycles. The SMILES string of the molecule is COCCCC(CNC(C)C)Cc1cccc(F)c1. The van der Waals surface area contributed by atoms with Crippen LogP contribution in [0.15, 0.2) is 24.3 Å². The molecule has 1 aromatic rings. The summed E-state index contributed by atoms with van der Waals surface area (Å²) < 4.78 is 18.3. The summed E-state index contributed by atoms with van der Waals surface area (Å²) in [6.45, 7) is 6.06. The third-order valence-electron chi connectivity index (χ3n) is 3.19. The van der Waals surface area contributed by atoms with Crippen molar-refractivity contribution < 1.29 is 9.13 Å². The Kier molecular flexibility index (Phi) is 7.68. The first-order valence-corrected chi connectivity index (χ1v) is 7.08. The Morgan fingerprint density at radius 3 is 2.74 bits per heavy atom. The maximum Gasteiger partial charge on any atom is 0.123 e. The fraction of sp³-hybridized carbons (Fsp3) is 0.625. The van der Waals surface area contributed by atoms with E-state index in [2.05, 4.69) is 19.2 Å². The second-order valence-corrected chi connectivity index (χ2v) is 5.40. The molecule has 0 aromatic heterocycles. The van der Waals surface area contributed by atoms with E-state index in [1.807, 2.05) is 6.07 Å². The van der Waals surface area contributed by atoms with Crippen molar-refractivity contribution in [1.29, 1.82) is 0 Å². The smallest absolute Gasteiger partial charge is 0.123 e. The lowest BCUT2D eigenvalue weighted by Gasteiger charge is -2.19. The highest BCUT2D eigenvalue weighted by molar-refractivity contribution is 5.16. The molecule has 108 valence electrons. The summed E-state index contributed by atoms with van der Waals surface area (Å²) in [5, 5.41) is 3.47. The molecular weight excluding hydrogens is 241 g/mol. The molecule has 2 nitrogen and oxygen atoms in total. The van der Waals surface area contributed by atoms with E-state index in [9.17, 15) is 4.39 Å². The van der Waals surface area contributed by atoms with Gasteiger partial charge in [0.1, 0.15) is 5.82 Å². The topological polar surface area (TPSA) is 21.3 Å². The molecule has 1 aromatic carbocycles. The Bertz CT molecular complexity index is 354. The van der Waals surface area contributed by atoms with E-state index in [1.165, 1.54) is 6.07 Å². The number of hydrogen-bond acceptors (Lipinski definition) is 2. The van der Waals surface area contributed by atoms with Gasteiger partial charge in [0.05, 0.1) is 0 Å². The van der Waals surface area contributed by atoms with Gasteiger partial charge in [0.15, 0.2) is 0 Å². The number of hydrogen-bond donors (Lipinski definition) is 1. The molecule has 1 rings (SSSR count). The summed E-state index contributed by atoms with van der Waals surface area (Å²) in [4.78, 5) is 0. The molecule has 0 spiro atoms. The Labute approximate surface area is 116 Å². The first-order valence-electron chi connectivity index (χ1n) is 7.08. The summed E-state index contributed by atoms with van der Waals surface area (Å²) in [7, 11) is 1.73. The zero-order chi connectivity index (χ0) is 14.1. The van der Waals surface area contributed by atoms with Gasteiger partial charge < -0.3 is 10.1 Å². The van der Waals surface area contributed by atoms with Gasteiger partial charge in [-0.2, -0.15) is 0 Å². The van der Waals surface area contributed by atoms with Gasteiger partial charge in [-0.25, -0.2) is 4.39 Å². The molecule has 1 atom stereocenters. The van der Waals surface area contributed by atoms with E-state index in [4.69, 9.17) is 4.74 Å². The van der Waals surface area contributed by atoms with E-state index in [0.717, 1.165) is 38.0 Å². The van der Waals surface area contributed by atoms with Gasteiger partial charge in [0.25, 0.3) is 0 Å². The molecule has 0 saturated carbocycles. The quantitative estimate of drug-likeness (QED) is 0.692. The molecule has 0 radical (unpaired) electrons. The van der Waals surface area contributed by atoms with Gasteiger partial charge in [0, 0.05) is 19.8 Å².